The van der Waals surface area contributed by atoms with Crippen LogP contribution in [0.1, 0.15) is 0 Å². The van der Waals surface area contributed by atoms with E-state index in [1.807, 2.05) is 33.9 Å². The monoisotopic (exact) mass is 261 g/mol. The summed E-state index contributed by atoms with van der Waals surface area (Å²) >= 11 is 3.46. The van der Waals surface area contributed by atoms with Crippen molar-refractivity contribution in [3.05, 3.63) is 42.5 Å². The molecule has 0 radical (unpaired) electrons. The molecular weight excluding hydrogens is 254 g/mol. The molecule has 2 aromatic carbocycles. The summed E-state index contributed by atoms with van der Waals surface area (Å²) in [6, 6.07) is 13.6. The molecule has 0 bridgehead atoms. The average Bonchev–Trinajstić information content (AvgIpc) is 2.55. The molecule has 0 aliphatic rings. The summed E-state index contributed by atoms with van der Waals surface area (Å²) in [4.78, 5) is 0. The van der Waals surface area contributed by atoms with E-state index in [-0.39, 0.29) is 0 Å². The number of hydrogen-bond acceptors (Lipinski definition) is 1. The van der Waals surface area contributed by atoms with E-state index in [0.717, 1.165) is 21.8 Å². The topological polar surface area (TPSA) is 25.2 Å². The molecule has 0 atom stereocenters. The first-order chi connectivity index (χ1) is 7.29. The van der Waals surface area contributed by atoms with Crippen LogP contribution >= 0.6 is 16.1 Å². The van der Waals surface area contributed by atoms with Crippen LogP contribution in [0.3, 0.4) is 0 Å². The molecule has 3 heteroatoms. The van der Waals surface area contributed by atoms with Crippen molar-refractivity contribution in [2.24, 2.45) is 0 Å². The lowest BCUT2D eigenvalue weighted by Gasteiger charge is -1.96. The molecule has 0 aliphatic heterocycles. The van der Waals surface area contributed by atoms with E-state index in [1.165, 1.54) is 0 Å². The minimum absolute atomic E-state index is 0.292. The summed E-state index contributed by atoms with van der Waals surface area (Å²) in [7, 11) is 0. The number of aromatic hydroxyl groups is 1. The lowest BCUT2D eigenvalue weighted by molar-refractivity contribution is 0.480. The summed E-state index contributed by atoms with van der Waals surface area (Å²) < 4.78 is 1.84. The molecule has 0 unspecified atom stereocenters. The standard InChI is InChI=1S/C12H8BrNO/c13-14-10-6-2-1-4-8(10)9-5-3-7-11(15)12(9)14/h1-7,15H. The zero-order valence-corrected chi connectivity index (χ0v) is 9.40. The van der Waals surface area contributed by atoms with Crippen LogP contribution in [0.15, 0.2) is 42.5 Å². The first kappa shape index (κ1) is 8.80. The highest BCUT2D eigenvalue weighted by atomic mass is 79.9. The van der Waals surface area contributed by atoms with Crippen molar-refractivity contribution in [2.45, 2.75) is 0 Å². The Morgan fingerprint density at radius 1 is 0.933 bits per heavy atom. The van der Waals surface area contributed by atoms with Crippen LogP contribution in [-0.2, 0) is 0 Å². The van der Waals surface area contributed by atoms with E-state index in [1.54, 1.807) is 6.07 Å². The fourth-order valence-corrected chi connectivity index (χ4v) is 2.63. The third-order valence-electron chi connectivity index (χ3n) is 2.62. The van der Waals surface area contributed by atoms with Gasteiger partial charge in [-0.05, 0) is 12.1 Å². The zero-order chi connectivity index (χ0) is 10.4. The number of benzene rings is 2. The number of phenolic OH excluding ortho intramolecular Hbond substituents is 1. The van der Waals surface area contributed by atoms with E-state index < -0.39 is 0 Å². The van der Waals surface area contributed by atoms with E-state index in [4.69, 9.17) is 0 Å². The van der Waals surface area contributed by atoms with Crippen molar-refractivity contribution in [1.29, 1.82) is 0 Å². The van der Waals surface area contributed by atoms with Gasteiger partial charge in [0, 0.05) is 10.8 Å². The number of fused-ring (bicyclic) bond motifs is 3. The fraction of sp³-hybridized carbons (Fsp3) is 0. The minimum Gasteiger partial charge on any atom is -0.506 e. The van der Waals surface area contributed by atoms with Crippen molar-refractivity contribution < 1.29 is 5.11 Å². The Morgan fingerprint density at radius 2 is 1.67 bits per heavy atom. The van der Waals surface area contributed by atoms with Crippen molar-refractivity contribution >= 4 is 38.0 Å². The van der Waals surface area contributed by atoms with Crippen LogP contribution in [0.25, 0.3) is 21.8 Å². The van der Waals surface area contributed by atoms with E-state index >= 15 is 0 Å². The second-order valence-electron chi connectivity index (χ2n) is 3.47. The molecule has 0 fully saturated rings. The lowest BCUT2D eigenvalue weighted by Crippen LogP contribution is -1.77. The molecule has 1 aromatic heterocycles. The van der Waals surface area contributed by atoms with Gasteiger partial charge in [0.15, 0.2) is 0 Å². The second kappa shape index (κ2) is 3.00. The summed E-state index contributed by atoms with van der Waals surface area (Å²) in [5.41, 5.74) is 1.88. The predicted molar refractivity (Wildman–Crippen MR) is 65.4 cm³/mol. The van der Waals surface area contributed by atoms with Gasteiger partial charge in [0.2, 0.25) is 0 Å². The van der Waals surface area contributed by atoms with Gasteiger partial charge in [-0.2, -0.15) is 0 Å². The smallest absolute Gasteiger partial charge is 0.140 e. The molecule has 0 saturated carbocycles. The number of para-hydroxylation sites is 2. The van der Waals surface area contributed by atoms with Gasteiger partial charge in [-0.15, -0.1) is 0 Å². The van der Waals surface area contributed by atoms with Crippen LogP contribution in [0.2, 0.25) is 0 Å². The Kier molecular flexibility index (Phi) is 1.76. The van der Waals surface area contributed by atoms with Gasteiger partial charge >= 0.3 is 0 Å². The third kappa shape index (κ3) is 1.10. The van der Waals surface area contributed by atoms with E-state index in [9.17, 15) is 5.11 Å². The summed E-state index contributed by atoms with van der Waals surface area (Å²) in [6.45, 7) is 0. The molecule has 3 aromatic rings. The number of rotatable bonds is 0. The van der Waals surface area contributed by atoms with Gasteiger partial charge in [-0.3, -0.25) is 3.59 Å². The van der Waals surface area contributed by atoms with Crippen LogP contribution in [0.5, 0.6) is 5.75 Å². The molecule has 0 aliphatic carbocycles. The van der Waals surface area contributed by atoms with Crippen LogP contribution < -0.4 is 0 Å². The number of phenols is 1. The Balaban J connectivity index is 2.69. The molecule has 15 heavy (non-hydrogen) atoms. The van der Waals surface area contributed by atoms with Gasteiger partial charge < -0.3 is 5.11 Å². The van der Waals surface area contributed by atoms with Crippen LogP contribution in [0.4, 0.5) is 0 Å². The zero-order valence-electron chi connectivity index (χ0n) is 7.81. The van der Waals surface area contributed by atoms with Crippen molar-refractivity contribution in [1.82, 2.24) is 3.59 Å². The van der Waals surface area contributed by atoms with Gasteiger partial charge in [-0.1, -0.05) is 30.3 Å². The first-order valence-corrected chi connectivity index (χ1v) is 5.37. The van der Waals surface area contributed by atoms with Crippen molar-refractivity contribution in [2.75, 3.05) is 0 Å². The molecule has 0 spiro atoms. The quantitative estimate of drug-likeness (QED) is 0.657. The molecule has 3 rings (SSSR count). The number of halogens is 1. The largest absolute Gasteiger partial charge is 0.506 e. The van der Waals surface area contributed by atoms with E-state index in [2.05, 4.69) is 22.2 Å². The number of aromatic nitrogens is 1. The Hall–Kier alpha value is -1.48. The molecular formula is C12H8BrNO. The predicted octanol–water partition coefficient (Wildman–Crippen LogP) is 3.66. The maximum atomic E-state index is 9.80. The Bertz CT molecular complexity index is 657. The maximum absolute atomic E-state index is 9.80. The SMILES string of the molecule is Oc1cccc2c3ccccc3n(Br)c12. The van der Waals surface area contributed by atoms with Gasteiger partial charge in [0.25, 0.3) is 0 Å². The van der Waals surface area contributed by atoms with Gasteiger partial charge in [-0.25, -0.2) is 0 Å². The van der Waals surface area contributed by atoms with Crippen LogP contribution in [-0.4, -0.2) is 8.70 Å². The highest BCUT2D eigenvalue weighted by molar-refractivity contribution is 9.08. The summed E-state index contributed by atoms with van der Waals surface area (Å²) in [5, 5.41) is 12.0. The Labute approximate surface area is 95.1 Å². The number of hydrogen-bond donors (Lipinski definition) is 1. The molecule has 0 saturated heterocycles. The summed E-state index contributed by atoms with van der Waals surface area (Å²) in [5.74, 6) is 0.292. The normalized spacial score (nSPS) is 11.3. The van der Waals surface area contributed by atoms with Crippen LogP contribution in [0, 0.1) is 0 Å². The Morgan fingerprint density at radius 3 is 2.53 bits per heavy atom. The first-order valence-electron chi connectivity index (χ1n) is 4.66. The maximum Gasteiger partial charge on any atom is 0.140 e. The van der Waals surface area contributed by atoms with Gasteiger partial charge in [0.05, 0.1) is 21.7 Å². The van der Waals surface area contributed by atoms with Gasteiger partial charge in [0.1, 0.15) is 11.3 Å². The highest BCUT2D eigenvalue weighted by Gasteiger charge is 2.10. The second-order valence-corrected chi connectivity index (χ2v) is 4.18. The van der Waals surface area contributed by atoms with Crippen molar-refractivity contribution in [3.63, 3.8) is 0 Å². The third-order valence-corrected chi connectivity index (χ3v) is 3.35. The summed E-state index contributed by atoms with van der Waals surface area (Å²) in [6.07, 6.45) is 0. The lowest BCUT2D eigenvalue weighted by atomic mass is 10.1. The van der Waals surface area contributed by atoms with E-state index in [0.29, 0.717) is 5.75 Å². The molecule has 2 nitrogen and oxygen atoms in total. The fourth-order valence-electron chi connectivity index (χ4n) is 1.95. The molecule has 0 amide bonds. The molecule has 74 valence electrons. The minimum atomic E-state index is 0.292. The molecule has 1 heterocycles. The average molecular weight is 262 g/mol. The number of nitrogens with zero attached hydrogens (tertiary/aromatic N) is 1. The molecule has 1 N–H and O–H groups in total. The van der Waals surface area contributed by atoms with Crippen molar-refractivity contribution in [3.8, 4) is 5.75 Å². The highest BCUT2D eigenvalue weighted by Crippen LogP contribution is 2.35.